The lowest BCUT2D eigenvalue weighted by Gasteiger charge is -2.23. The number of carbonyl (C=O) groups is 1. The van der Waals surface area contributed by atoms with Crippen LogP contribution in [-0.4, -0.2) is 51.6 Å². The van der Waals surface area contributed by atoms with Gasteiger partial charge in [-0.25, -0.2) is 4.79 Å². The number of morpholine rings is 1. The summed E-state index contributed by atoms with van der Waals surface area (Å²) in [6.07, 6.45) is 0.0539. The van der Waals surface area contributed by atoms with Crippen LogP contribution in [0.5, 0.6) is 0 Å². The Balaban J connectivity index is 1.99. The summed E-state index contributed by atoms with van der Waals surface area (Å²) in [5.41, 5.74) is 0. The molecule has 1 atom stereocenters. The molecular formula is C9H17NO4. The number of rotatable bonds is 5. The lowest BCUT2D eigenvalue weighted by Crippen LogP contribution is -2.41. The van der Waals surface area contributed by atoms with E-state index < -0.39 is 0 Å². The molecule has 1 fully saturated rings. The minimum atomic E-state index is -0.323. The van der Waals surface area contributed by atoms with Gasteiger partial charge < -0.3 is 19.5 Å². The van der Waals surface area contributed by atoms with E-state index in [2.05, 4.69) is 5.32 Å². The van der Waals surface area contributed by atoms with Gasteiger partial charge in [-0.1, -0.05) is 0 Å². The molecule has 0 aromatic heterocycles. The first kappa shape index (κ1) is 11.4. The Hall–Kier alpha value is -0.650. The van der Waals surface area contributed by atoms with Crippen molar-refractivity contribution >= 4 is 5.97 Å². The summed E-state index contributed by atoms with van der Waals surface area (Å²) < 4.78 is 15.2. The fourth-order valence-electron chi connectivity index (χ4n) is 1.20. The van der Waals surface area contributed by atoms with Gasteiger partial charge in [0.1, 0.15) is 6.61 Å². The van der Waals surface area contributed by atoms with Crippen LogP contribution < -0.4 is 5.32 Å². The zero-order chi connectivity index (χ0) is 10.2. The molecule has 14 heavy (non-hydrogen) atoms. The third kappa shape index (κ3) is 4.55. The number of hydrogen-bond donors (Lipinski definition) is 1. The van der Waals surface area contributed by atoms with E-state index in [0.717, 1.165) is 13.1 Å². The topological polar surface area (TPSA) is 56.8 Å². The van der Waals surface area contributed by atoms with Crippen molar-refractivity contribution in [2.75, 3.05) is 39.5 Å². The molecule has 1 saturated heterocycles. The Kier molecular flexibility index (Phi) is 5.51. The van der Waals surface area contributed by atoms with Gasteiger partial charge in [-0.3, -0.25) is 0 Å². The molecule has 0 spiro atoms. The lowest BCUT2D eigenvalue weighted by atomic mass is 10.3. The summed E-state index contributed by atoms with van der Waals surface area (Å²) in [6, 6.07) is 0. The van der Waals surface area contributed by atoms with Crippen LogP contribution in [0, 0.1) is 0 Å². The first-order chi connectivity index (χ1) is 6.83. The Labute approximate surface area is 83.7 Å². The highest BCUT2D eigenvalue weighted by Crippen LogP contribution is 1.96. The van der Waals surface area contributed by atoms with Gasteiger partial charge in [0.25, 0.3) is 0 Å². The fraction of sp³-hybridized carbons (Fsp3) is 0.889. The van der Waals surface area contributed by atoms with Crippen LogP contribution in [0.4, 0.5) is 0 Å². The van der Waals surface area contributed by atoms with E-state index in [1.54, 1.807) is 6.92 Å². The average Bonchev–Trinajstić information content (AvgIpc) is 2.20. The molecule has 0 aromatic rings. The van der Waals surface area contributed by atoms with Crippen molar-refractivity contribution in [3.8, 4) is 0 Å². The monoisotopic (exact) mass is 203 g/mol. The molecule has 1 rings (SSSR count). The number of esters is 1. The Morgan fingerprint density at radius 1 is 1.64 bits per heavy atom. The Morgan fingerprint density at radius 2 is 2.50 bits per heavy atom. The minimum absolute atomic E-state index is 0.00764. The molecule has 1 N–H and O–H groups in total. The molecule has 82 valence electrons. The lowest BCUT2D eigenvalue weighted by molar-refractivity contribution is -0.150. The highest BCUT2D eigenvalue weighted by Gasteiger charge is 2.13. The molecule has 1 aliphatic rings. The molecule has 1 aliphatic heterocycles. The molecule has 0 aliphatic carbocycles. The molecule has 0 aromatic carbocycles. The third-order valence-electron chi connectivity index (χ3n) is 1.83. The van der Waals surface area contributed by atoms with Crippen LogP contribution in [0.2, 0.25) is 0 Å². The number of carbonyl (C=O) groups excluding carboxylic acids is 1. The first-order valence-electron chi connectivity index (χ1n) is 4.88. The van der Waals surface area contributed by atoms with Gasteiger partial charge in [-0.15, -0.1) is 0 Å². The normalized spacial score (nSPS) is 21.9. The van der Waals surface area contributed by atoms with Crippen molar-refractivity contribution in [3.63, 3.8) is 0 Å². The summed E-state index contributed by atoms with van der Waals surface area (Å²) in [7, 11) is 0. The van der Waals surface area contributed by atoms with Gasteiger partial charge in [0.15, 0.2) is 0 Å². The average molecular weight is 203 g/mol. The number of ether oxygens (including phenoxy) is 3. The van der Waals surface area contributed by atoms with Crippen molar-refractivity contribution in [3.05, 3.63) is 0 Å². The highest BCUT2D eigenvalue weighted by molar-refractivity contribution is 5.70. The van der Waals surface area contributed by atoms with Crippen molar-refractivity contribution in [2.45, 2.75) is 13.0 Å². The zero-order valence-electron chi connectivity index (χ0n) is 8.45. The first-order valence-corrected chi connectivity index (χ1v) is 4.88. The summed E-state index contributed by atoms with van der Waals surface area (Å²) in [6.45, 7) is 4.97. The van der Waals surface area contributed by atoms with E-state index in [0.29, 0.717) is 19.8 Å². The largest absolute Gasteiger partial charge is 0.464 e. The number of nitrogens with one attached hydrogen (secondary N) is 1. The maximum atomic E-state index is 10.9. The summed E-state index contributed by atoms with van der Waals surface area (Å²) >= 11 is 0. The molecule has 0 bridgehead atoms. The van der Waals surface area contributed by atoms with Crippen LogP contribution in [0.3, 0.4) is 0 Å². The molecule has 0 saturated carbocycles. The van der Waals surface area contributed by atoms with Crippen molar-refractivity contribution in [1.82, 2.24) is 5.32 Å². The fourth-order valence-corrected chi connectivity index (χ4v) is 1.20. The van der Waals surface area contributed by atoms with Crippen molar-refractivity contribution in [1.29, 1.82) is 0 Å². The van der Waals surface area contributed by atoms with E-state index >= 15 is 0 Å². The van der Waals surface area contributed by atoms with Crippen molar-refractivity contribution < 1.29 is 19.0 Å². The van der Waals surface area contributed by atoms with Gasteiger partial charge in [-0.2, -0.15) is 0 Å². The van der Waals surface area contributed by atoms with E-state index in [1.165, 1.54) is 0 Å². The Bertz CT molecular complexity index is 168. The van der Waals surface area contributed by atoms with Crippen LogP contribution in [0.15, 0.2) is 0 Å². The molecule has 5 heteroatoms. The maximum absolute atomic E-state index is 10.9. The molecule has 5 nitrogen and oxygen atoms in total. The highest BCUT2D eigenvalue weighted by atomic mass is 16.6. The predicted octanol–water partition coefficient (Wildman–Crippen LogP) is -0.445. The third-order valence-corrected chi connectivity index (χ3v) is 1.83. The van der Waals surface area contributed by atoms with E-state index in [9.17, 15) is 4.79 Å². The summed E-state index contributed by atoms with van der Waals surface area (Å²) in [5.74, 6) is -0.323. The standard InChI is InChI=1S/C9H17NO4/c1-2-13-9(11)7-12-6-8-5-10-3-4-14-8/h8,10H,2-7H2,1H3. The Morgan fingerprint density at radius 3 is 3.14 bits per heavy atom. The smallest absolute Gasteiger partial charge is 0.332 e. The molecule has 0 radical (unpaired) electrons. The van der Waals surface area contributed by atoms with Crippen LogP contribution in [0.1, 0.15) is 6.92 Å². The van der Waals surface area contributed by atoms with Crippen LogP contribution in [0.25, 0.3) is 0 Å². The quantitative estimate of drug-likeness (QED) is 0.614. The van der Waals surface area contributed by atoms with Crippen molar-refractivity contribution in [2.24, 2.45) is 0 Å². The minimum Gasteiger partial charge on any atom is -0.464 e. The van der Waals surface area contributed by atoms with Crippen LogP contribution >= 0.6 is 0 Å². The van der Waals surface area contributed by atoms with Crippen LogP contribution in [-0.2, 0) is 19.0 Å². The molecular weight excluding hydrogens is 186 g/mol. The molecule has 1 heterocycles. The SMILES string of the molecule is CCOC(=O)COCC1CNCCO1. The maximum Gasteiger partial charge on any atom is 0.332 e. The number of hydrogen-bond acceptors (Lipinski definition) is 5. The second kappa shape index (κ2) is 6.75. The zero-order valence-corrected chi connectivity index (χ0v) is 8.45. The van der Waals surface area contributed by atoms with E-state index in [1.807, 2.05) is 0 Å². The van der Waals surface area contributed by atoms with Gasteiger partial charge in [-0.05, 0) is 6.92 Å². The van der Waals surface area contributed by atoms with Gasteiger partial charge in [0, 0.05) is 13.1 Å². The van der Waals surface area contributed by atoms with Gasteiger partial charge in [0.2, 0.25) is 0 Å². The van der Waals surface area contributed by atoms with E-state index in [-0.39, 0.29) is 18.7 Å². The summed E-state index contributed by atoms with van der Waals surface area (Å²) in [5, 5.41) is 3.18. The summed E-state index contributed by atoms with van der Waals surface area (Å²) in [4.78, 5) is 10.9. The second-order valence-corrected chi connectivity index (χ2v) is 3.02. The van der Waals surface area contributed by atoms with Gasteiger partial charge in [0.05, 0.1) is 25.9 Å². The van der Waals surface area contributed by atoms with Gasteiger partial charge >= 0.3 is 5.97 Å². The molecule has 0 amide bonds. The van der Waals surface area contributed by atoms with E-state index in [4.69, 9.17) is 14.2 Å². The second-order valence-electron chi connectivity index (χ2n) is 3.02. The predicted molar refractivity (Wildman–Crippen MR) is 50.1 cm³/mol. The molecule has 1 unspecified atom stereocenters.